The van der Waals surface area contributed by atoms with Gasteiger partial charge in [-0.25, -0.2) is 4.52 Å². The van der Waals surface area contributed by atoms with Crippen LogP contribution < -0.4 is 5.73 Å². The molecule has 0 saturated carbocycles. The lowest BCUT2D eigenvalue weighted by molar-refractivity contribution is 0.969. The molecule has 0 unspecified atom stereocenters. The van der Waals surface area contributed by atoms with Gasteiger partial charge in [0.05, 0.1) is 0 Å². The van der Waals surface area contributed by atoms with Crippen molar-refractivity contribution in [3.8, 4) is 11.1 Å². The molecule has 0 radical (unpaired) electrons. The van der Waals surface area contributed by atoms with Crippen LogP contribution in [0.5, 0.6) is 0 Å². The number of aromatic nitrogens is 3. The predicted molar refractivity (Wildman–Crippen MR) is 67.6 cm³/mol. The maximum atomic E-state index is 5.62. The third-order valence-corrected chi connectivity index (χ3v) is 2.71. The molecular weight excluding hydrogens is 212 g/mol. The van der Waals surface area contributed by atoms with Crippen LogP contribution in [0.2, 0.25) is 0 Å². The minimum Gasteiger partial charge on any atom is -0.366 e. The minimum atomic E-state index is 0.296. The third-order valence-electron chi connectivity index (χ3n) is 2.71. The molecule has 0 amide bonds. The first-order chi connectivity index (χ1) is 8.24. The van der Waals surface area contributed by atoms with E-state index in [1.807, 2.05) is 24.4 Å². The van der Waals surface area contributed by atoms with Gasteiger partial charge in [-0.2, -0.15) is 4.98 Å². The first-order valence-corrected chi connectivity index (χ1v) is 5.42. The molecule has 0 fully saturated rings. The molecule has 3 aromatic rings. The molecule has 2 aromatic heterocycles. The molecule has 1 aromatic carbocycles. The van der Waals surface area contributed by atoms with E-state index in [9.17, 15) is 0 Å². The van der Waals surface area contributed by atoms with Crippen molar-refractivity contribution in [2.24, 2.45) is 0 Å². The van der Waals surface area contributed by atoms with Crippen LogP contribution >= 0.6 is 0 Å². The number of pyridine rings is 1. The monoisotopic (exact) mass is 224 g/mol. The van der Waals surface area contributed by atoms with E-state index in [2.05, 4.69) is 35.2 Å². The van der Waals surface area contributed by atoms with Crippen molar-refractivity contribution in [1.29, 1.82) is 0 Å². The zero-order chi connectivity index (χ0) is 11.8. The number of rotatable bonds is 1. The van der Waals surface area contributed by atoms with Gasteiger partial charge >= 0.3 is 0 Å². The van der Waals surface area contributed by atoms with Gasteiger partial charge in [-0.1, -0.05) is 29.8 Å². The smallest absolute Gasteiger partial charge is 0.240 e. The van der Waals surface area contributed by atoms with Gasteiger partial charge in [0.15, 0.2) is 5.65 Å². The molecule has 0 aliphatic carbocycles. The summed E-state index contributed by atoms with van der Waals surface area (Å²) in [5.74, 6) is 0.296. The maximum Gasteiger partial charge on any atom is 0.240 e. The molecule has 17 heavy (non-hydrogen) atoms. The first kappa shape index (κ1) is 9.84. The molecule has 0 spiro atoms. The van der Waals surface area contributed by atoms with Gasteiger partial charge in [0.2, 0.25) is 5.95 Å². The normalized spacial score (nSPS) is 10.9. The van der Waals surface area contributed by atoms with Gasteiger partial charge in [-0.3, -0.25) is 0 Å². The van der Waals surface area contributed by atoms with Gasteiger partial charge in [-0.15, -0.1) is 5.10 Å². The average Bonchev–Trinajstić information content (AvgIpc) is 2.68. The summed E-state index contributed by atoms with van der Waals surface area (Å²) >= 11 is 0. The summed E-state index contributed by atoms with van der Waals surface area (Å²) in [4.78, 5) is 4.25. The molecule has 0 aliphatic rings. The van der Waals surface area contributed by atoms with E-state index in [-0.39, 0.29) is 0 Å². The molecule has 3 rings (SSSR count). The number of nitrogen functional groups attached to an aromatic ring is 1. The molecule has 0 saturated heterocycles. The fraction of sp³-hybridized carbons (Fsp3) is 0.0769. The molecule has 0 aliphatic heterocycles. The van der Waals surface area contributed by atoms with E-state index >= 15 is 0 Å². The molecular formula is C13H12N4. The Hall–Kier alpha value is -2.36. The van der Waals surface area contributed by atoms with Gasteiger partial charge in [0.25, 0.3) is 0 Å². The van der Waals surface area contributed by atoms with Crippen molar-refractivity contribution in [2.45, 2.75) is 6.92 Å². The summed E-state index contributed by atoms with van der Waals surface area (Å²) < 4.78 is 1.70. The largest absolute Gasteiger partial charge is 0.366 e. The molecule has 2 heterocycles. The number of benzene rings is 1. The summed E-state index contributed by atoms with van der Waals surface area (Å²) in [7, 11) is 0. The Labute approximate surface area is 98.7 Å². The summed E-state index contributed by atoms with van der Waals surface area (Å²) in [6.07, 6.45) is 1.85. The van der Waals surface area contributed by atoms with Gasteiger partial charge in [0, 0.05) is 11.8 Å². The van der Waals surface area contributed by atoms with Crippen molar-refractivity contribution in [2.75, 3.05) is 5.73 Å². The van der Waals surface area contributed by atoms with Crippen LogP contribution in [0.1, 0.15) is 5.56 Å². The average molecular weight is 224 g/mol. The van der Waals surface area contributed by atoms with Crippen molar-refractivity contribution in [1.82, 2.24) is 14.6 Å². The van der Waals surface area contributed by atoms with Gasteiger partial charge < -0.3 is 5.73 Å². The van der Waals surface area contributed by atoms with E-state index < -0.39 is 0 Å². The van der Waals surface area contributed by atoms with E-state index in [1.54, 1.807) is 4.52 Å². The topological polar surface area (TPSA) is 56.2 Å². The number of fused-ring (bicyclic) bond motifs is 1. The van der Waals surface area contributed by atoms with E-state index in [1.165, 1.54) is 5.56 Å². The van der Waals surface area contributed by atoms with Crippen LogP contribution in [0, 0.1) is 6.92 Å². The Morgan fingerprint density at radius 2 is 2.06 bits per heavy atom. The molecule has 4 nitrogen and oxygen atoms in total. The van der Waals surface area contributed by atoms with Crippen molar-refractivity contribution >= 4 is 11.6 Å². The number of nitrogens with zero attached hydrogens (tertiary/aromatic N) is 3. The van der Waals surface area contributed by atoms with Crippen LogP contribution in [0.4, 0.5) is 5.95 Å². The van der Waals surface area contributed by atoms with E-state index in [0.717, 1.165) is 16.8 Å². The predicted octanol–water partition coefficient (Wildman–Crippen LogP) is 2.29. The van der Waals surface area contributed by atoms with Crippen LogP contribution in [0.3, 0.4) is 0 Å². The Kier molecular flexibility index (Phi) is 2.08. The summed E-state index contributed by atoms with van der Waals surface area (Å²) in [6.45, 7) is 2.07. The highest BCUT2D eigenvalue weighted by Crippen LogP contribution is 2.24. The maximum absolute atomic E-state index is 5.62. The second-order valence-electron chi connectivity index (χ2n) is 4.03. The van der Waals surface area contributed by atoms with Crippen molar-refractivity contribution in [3.05, 3.63) is 48.2 Å². The van der Waals surface area contributed by atoms with Crippen molar-refractivity contribution < 1.29 is 0 Å². The Morgan fingerprint density at radius 3 is 2.88 bits per heavy atom. The summed E-state index contributed by atoms with van der Waals surface area (Å²) in [5.41, 5.74) is 9.80. The van der Waals surface area contributed by atoms with E-state index in [0.29, 0.717) is 5.95 Å². The standard InChI is InChI=1S/C13H12N4/c1-9-4-2-5-10(8-9)11-6-3-7-17-12(11)15-13(14)16-17/h2-8H,1H3,(H2,14,16). The Bertz CT molecular complexity index is 685. The number of hydrogen-bond acceptors (Lipinski definition) is 3. The number of aryl methyl sites for hydroxylation is 1. The summed E-state index contributed by atoms with van der Waals surface area (Å²) in [5, 5.41) is 4.11. The number of anilines is 1. The fourth-order valence-corrected chi connectivity index (χ4v) is 1.96. The van der Waals surface area contributed by atoms with Crippen molar-refractivity contribution in [3.63, 3.8) is 0 Å². The highest BCUT2D eigenvalue weighted by molar-refractivity contribution is 5.77. The lowest BCUT2D eigenvalue weighted by Crippen LogP contribution is -1.90. The van der Waals surface area contributed by atoms with Crippen LogP contribution in [-0.2, 0) is 0 Å². The highest BCUT2D eigenvalue weighted by atomic mass is 15.3. The van der Waals surface area contributed by atoms with Gasteiger partial charge in [0.1, 0.15) is 0 Å². The lowest BCUT2D eigenvalue weighted by atomic mass is 10.1. The minimum absolute atomic E-state index is 0.296. The molecule has 4 heteroatoms. The Morgan fingerprint density at radius 1 is 1.18 bits per heavy atom. The number of nitrogens with two attached hydrogens (primary N) is 1. The second-order valence-corrected chi connectivity index (χ2v) is 4.03. The fourth-order valence-electron chi connectivity index (χ4n) is 1.96. The first-order valence-electron chi connectivity index (χ1n) is 5.42. The molecule has 84 valence electrons. The molecule has 0 bridgehead atoms. The zero-order valence-electron chi connectivity index (χ0n) is 9.46. The van der Waals surface area contributed by atoms with Gasteiger partial charge in [-0.05, 0) is 24.6 Å². The quantitative estimate of drug-likeness (QED) is 0.690. The lowest BCUT2D eigenvalue weighted by Gasteiger charge is -2.03. The van der Waals surface area contributed by atoms with E-state index in [4.69, 9.17) is 5.73 Å². The van der Waals surface area contributed by atoms with Crippen LogP contribution in [0.15, 0.2) is 42.6 Å². The second kappa shape index (κ2) is 3.59. The third kappa shape index (κ3) is 1.63. The SMILES string of the molecule is Cc1cccc(-c2cccn3nc(N)nc23)c1. The highest BCUT2D eigenvalue weighted by Gasteiger charge is 2.07. The molecule has 2 N–H and O–H groups in total. The number of hydrogen-bond donors (Lipinski definition) is 1. The Balaban J connectivity index is 2.30. The molecule has 0 atom stereocenters. The summed E-state index contributed by atoms with van der Waals surface area (Å²) in [6, 6.07) is 12.3. The van der Waals surface area contributed by atoms with Crippen LogP contribution in [-0.4, -0.2) is 14.6 Å². The zero-order valence-corrected chi connectivity index (χ0v) is 9.46. The van der Waals surface area contributed by atoms with Crippen LogP contribution in [0.25, 0.3) is 16.8 Å².